The quantitative estimate of drug-likeness (QED) is 0.587. The summed E-state index contributed by atoms with van der Waals surface area (Å²) in [7, 11) is 0. The van der Waals surface area contributed by atoms with E-state index in [1.54, 1.807) is 0 Å². The van der Waals surface area contributed by atoms with E-state index < -0.39 is 0 Å². The van der Waals surface area contributed by atoms with Gasteiger partial charge in [-0.15, -0.1) is 0 Å². The Hall–Kier alpha value is -1.81. The van der Waals surface area contributed by atoms with Gasteiger partial charge >= 0.3 is 0 Å². The summed E-state index contributed by atoms with van der Waals surface area (Å²) in [6, 6.07) is 12.2. The van der Waals surface area contributed by atoms with Gasteiger partial charge in [0, 0.05) is 0 Å². The van der Waals surface area contributed by atoms with Crippen molar-refractivity contribution in [1.82, 2.24) is 0 Å². The van der Waals surface area contributed by atoms with E-state index >= 15 is 0 Å². The van der Waals surface area contributed by atoms with Gasteiger partial charge in [0.15, 0.2) is 5.69 Å². The summed E-state index contributed by atoms with van der Waals surface area (Å²) < 4.78 is 0. The van der Waals surface area contributed by atoms with Crippen molar-refractivity contribution in [3.8, 4) is 0 Å². The number of benzene rings is 2. The van der Waals surface area contributed by atoms with Crippen molar-refractivity contribution >= 4 is 16.5 Å². The van der Waals surface area contributed by atoms with Gasteiger partial charge in [-0.3, -0.25) is 0 Å². The molecule has 0 fully saturated rings. The molecule has 0 radical (unpaired) electrons. The van der Waals surface area contributed by atoms with Gasteiger partial charge in [0.1, 0.15) is 0 Å². The van der Waals surface area contributed by atoms with Crippen LogP contribution in [0.5, 0.6) is 0 Å². The molecule has 2 aromatic rings. The van der Waals surface area contributed by atoms with Crippen LogP contribution in [-0.2, 0) is 6.42 Å². The first-order valence-corrected chi connectivity index (χ1v) is 4.73. The van der Waals surface area contributed by atoms with E-state index in [2.05, 4.69) is 30.0 Å². The predicted octanol–water partition coefficient (Wildman–Crippen LogP) is 3.95. The summed E-state index contributed by atoms with van der Waals surface area (Å²) in [5, 5.41) is 2.37. The van der Waals surface area contributed by atoms with E-state index in [4.69, 9.17) is 6.57 Å². The molecule has 0 heterocycles. The van der Waals surface area contributed by atoms with E-state index in [1.807, 2.05) is 18.2 Å². The van der Waals surface area contributed by atoms with Crippen LogP contribution < -0.4 is 0 Å². The first-order valence-electron chi connectivity index (χ1n) is 4.73. The maximum absolute atomic E-state index is 6.94. The van der Waals surface area contributed by atoms with Crippen LogP contribution >= 0.6 is 0 Å². The average Bonchev–Trinajstić information content (AvgIpc) is 2.27. The second kappa shape index (κ2) is 3.51. The summed E-state index contributed by atoms with van der Waals surface area (Å²) in [5.74, 6) is 0. The highest BCUT2D eigenvalue weighted by Gasteiger charge is 1.96. The van der Waals surface area contributed by atoms with Gasteiger partial charge in [0.25, 0.3) is 0 Å². The van der Waals surface area contributed by atoms with Gasteiger partial charge in [-0.05, 0) is 28.8 Å². The standard InChI is InChI=1S/C13H11N/c1-3-10-4-5-11-6-7-13(14-2)9-12(11)8-10/h4-9H,3H2,1H3. The lowest BCUT2D eigenvalue weighted by Gasteiger charge is -2.01. The monoisotopic (exact) mass is 181 g/mol. The maximum Gasteiger partial charge on any atom is 0.187 e. The Kier molecular flexibility index (Phi) is 2.20. The Morgan fingerprint density at radius 1 is 1.07 bits per heavy atom. The molecule has 0 aromatic heterocycles. The second-order valence-electron chi connectivity index (χ2n) is 3.33. The minimum Gasteiger partial charge on any atom is -0.238 e. The molecule has 0 aliphatic rings. The predicted molar refractivity (Wildman–Crippen MR) is 59.6 cm³/mol. The molecule has 1 heteroatoms. The lowest BCUT2D eigenvalue weighted by Crippen LogP contribution is -1.79. The van der Waals surface area contributed by atoms with Crippen molar-refractivity contribution in [2.75, 3.05) is 0 Å². The highest BCUT2D eigenvalue weighted by atomic mass is 14.6. The minimum atomic E-state index is 0.714. The number of aryl methyl sites for hydroxylation is 1. The molecule has 0 saturated heterocycles. The molecule has 2 aromatic carbocycles. The lowest BCUT2D eigenvalue weighted by atomic mass is 10.1. The van der Waals surface area contributed by atoms with Crippen LogP contribution in [0.4, 0.5) is 5.69 Å². The molecular weight excluding hydrogens is 170 g/mol. The first-order chi connectivity index (χ1) is 6.83. The zero-order valence-corrected chi connectivity index (χ0v) is 8.12. The molecule has 0 saturated carbocycles. The topological polar surface area (TPSA) is 4.36 Å². The fourth-order valence-corrected chi connectivity index (χ4v) is 1.57. The summed E-state index contributed by atoms with van der Waals surface area (Å²) in [5.41, 5.74) is 2.03. The van der Waals surface area contributed by atoms with Crippen molar-refractivity contribution in [2.24, 2.45) is 0 Å². The molecule has 0 amide bonds. The molecule has 68 valence electrons. The zero-order chi connectivity index (χ0) is 9.97. The maximum atomic E-state index is 6.94. The van der Waals surface area contributed by atoms with Crippen LogP contribution in [0.1, 0.15) is 12.5 Å². The van der Waals surface area contributed by atoms with E-state index in [0.717, 1.165) is 11.8 Å². The molecule has 0 bridgehead atoms. The molecule has 2 rings (SSSR count). The van der Waals surface area contributed by atoms with Gasteiger partial charge in [0.2, 0.25) is 0 Å². The van der Waals surface area contributed by atoms with Crippen LogP contribution in [0.2, 0.25) is 0 Å². The third-order valence-electron chi connectivity index (χ3n) is 2.43. The normalized spacial score (nSPS) is 10.0. The highest BCUT2D eigenvalue weighted by Crippen LogP contribution is 2.22. The fraction of sp³-hybridized carbons (Fsp3) is 0.154. The largest absolute Gasteiger partial charge is 0.238 e. The zero-order valence-electron chi connectivity index (χ0n) is 8.12. The molecule has 0 aliphatic heterocycles. The van der Waals surface area contributed by atoms with Crippen molar-refractivity contribution in [2.45, 2.75) is 13.3 Å². The number of hydrogen-bond acceptors (Lipinski definition) is 0. The number of hydrogen-bond donors (Lipinski definition) is 0. The molecule has 0 N–H and O–H groups in total. The van der Waals surface area contributed by atoms with Crippen LogP contribution in [0, 0.1) is 6.57 Å². The summed E-state index contributed by atoms with van der Waals surface area (Å²) >= 11 is 0. The van der Waals surface area contributed by atoms with E-state index in [1.165, 1.54) is 10.9 Å². The Balaban J connectivity index is 2.67. The molecule has 0 aliphatic carbocycles. The molecular formula is C13H11N. The Labute approximate surface area is 83.8 Å². The molecule has 0 spiro atoms. The fourth-order valence-electron chi connectivity index (χ4n) is 1.57. The Morgan fingerprint density at radius 2 is 1.86 bits per heavy atom. The summed E-state index contributed by atoms with van der Waals surface area (Å²) in [4.78, 5) is 3.43. The average molecular weight is 181 g/mol. The lowest BCUT2D eigenvalue weighted by molar-refractivity contribution is 1.15. The number of fused-ring (bicyclic) bond motifs is 1. The highest BCUT2D eigenvalue weighted by molar-refractivity contribution is 5.86. The van der Waals surface area contributed by atoms with E-state index in [9.17, 15) is 0 Å². The summed E-state index contributed by atoms with van der Waals surface area (Å²) in [6.07, 6.45) is 1.04. The second-order valence-corrected chi connectivity index (χ2v) is 3.33. The van der Waals surface area contributed by atoms with Crippen molar-refractivity contribution < 1.29 is 0 Å². The van der Waals surface area contributed by atoms with Crippen molar-refractivity contribution in [3.63, 3.8) is 0 Å². The molecule has 1 nitrogen and oxygen atoms in total. The van der Waals surface area contributed by atoms with Crippen LogP contribution in [0.15, 0.2) is 36.4 Å². The van der Waals surface area contributed by atoms with Gasteiger partial charge in [-0.25, -0.2) is 4.85 Å². The van der Waals surface area contributed by atoms with Gasteiger partial charge < -0.3 is 0 Å². The van der Waals surface area contributed by atoms with E-state index in [-0.39, 0.29) is 0 Å². The van der Waals surface area contributed by atoms with Crippen molar-refractivity contribution in [1.29, 1.82) is 0 Å². The minimum absolute atomic E-state index is 0.714. The van der Waals surface area contributed by atoms with Gasteiger partial charge in [-0.1, -0.05) is 37.3 Å². The third-order valence-corrected chi connectivity index (χ3v) is 2.43. The first kappa shape index (κ1) is 8.77. The van der Waals surface area contributed by atoms with E-state index in [0.29, 0.717) is 5.69 Å². The third kappa shape index (κ3) is 1.47. The van der Waals surface area contributed by atoms with Gasteiger partial charge in [-0.2, -0.15) is 0 Å². The van der Waals surface area contributed by atoms with Gasteiger partial charge in [0.05, 0.1) is 6.57 Å². The molecule has 14 heavy (non-hydrogen) atoms. The van der Waals surface area contributed by atoms with Crippen molar-refractivity contribution in [3.05, 3.63) is 53.4 Å². The van der Waals surface area contributed by atoms with Crippen LogP contribution in [0.3, 0.4) is 0 Å². The Morgan fingerprint density at radius 3 is 2.57 bits per heavy atom. The smallest absolute Gasteiger partial charge is 0.187 e. The molecule has 0 unspecified atom stereocenters. The Bertz CT molecular complexity index is 506. The number of rotatable bonds is 1. The molecule has 0 atom stereocenters. The summed E-state index contributed by atoms with van der Waals surface area (Å²) in [6.45, 7) is 9.08. The number of nitrogens with zero attached hydrogens (tertiary/aromatic N) is 1. The van der Waals surface area contributed by atoms with Crippen LogP contribution in [0.25, 0.3) is 15.6 Å². The van der Waals surface area contributed by atoms with Crippen LogP contribution in [-0.4, -0.2) is 0 Å². The SMILES string of the molecule is [C-]#[N+]c1ccc2ccc(CC)cc2c1.